The molecule has 0 saturated heterocycles. The Balaban J connectivity index is 2.05. The first kappa shape index (κ1) is 14.3. The highest BCUT2D eigenvalue weighted by Crippen LogP contribution is 2.30. The summed E-state index contributed by atoms with van der Waals surface area (Å²) in [5.74, 6) is 1.04. The molecule has 0 bridgehead atoms. The first-order valence-electron chi connectivity index (χ1n) is 7.32. The molecular formula is C15H26N4. The van der Waals surface area contributed by atoms with Crippen LogP contribution in [0.1, 0.15) is 52.7 Å². The molecule has 4 nitrogen and oxygen atoms in total. The van der Waals surface area contributed by atoms with E-state index in [-0.39, 0.29) is 5.54 Å². The van der Waals surface area contributed by atoms with Crippen molar-refractivity contribution >= 4 is 5.82 Å². The molecule has 0 aliphatic heterocycles. The van der Waals surface area contributed by atoms with E-state index in [1.54, 1.807) is 0 Å². The Hall–Kier alpha value is -1.16. The second-order valence-corrected chi connectivity index (χ2v) is 6.40. The highest BCUT2D eigenvalue weighted by atomic mass is 15.2. The maximum atomic E-state index is 4.76. The van der Waals surface area contributed by atoms with Gasteiger partial charge in [-0.3, -0.25) is 4.98 Å². The molecule has 1 saturated carbocycles. The average Bonchev–Trinajstić information content (AvgIpc) is 3.17. The quantitative estimate of drug-likeness (QED) is 0.856. The van der Waals surface area contributed by atoms with E-state index in [9.17, 15) is 0 Å². The zero-order chi connectivity index (χ0) is 13.9. The van der Waals surface area contributed by atoms with Crippen molar-refractivity contribution in [2.45, 2.75) is 65.1 Å². The molecule has 0 atom stereocenters. The monoisotopic (exact) mass is 262 g/mol. The number of hydrogen-bond acceptors (Lipinski definition) is 4. The minimum atomic E-state index is 0.108. The van der Waals surface area contributed by atoms with Gasteiger partial charge in [-0.15, -0.1) is 0 Å². The third-order valence-electron chi connectivity index (χ3n) is 3.22. The van der Waals surface area contributed by atoms with Crippen LogP contribution in [0, 0.1) is 0 Å². The molecule has 106 valence electrons. The minimum Gasteiger partial charge on any atom is -0.352 e. The molecule has 1 aromatic heterocycles. The van der Waals surface area contributed by atoms with Crippen LogP contribution in [-0.2, 0) is 6.54 Å². The summed E-state index contributed by atoms with van der Waals surface area (Å²) >= 11 is 0. The molecule has 0 aromatic carbocycles. The molecular weight excluding hydrogens is 236 g/mol. The van der Waals surface area contributed by atoms with Gasteiger partial charge in [0.15, 0.2) is 0 Å². The lowest BCUT2D eigenvalue weighted by molar-refractivity contribution is 0.421. The van der Waals surface area contributed by atoms with Gasteiger partial charge in [0.2, 0.25) is 0 Å². The summed E-state index contributed by atoms with van der Waals surface area (Å²) in [7, 11) is 0. The maximum absolute atomic E-state index is 4.76. The summed E-state index contributed by atoms with van der Waals surface area (Å²) in [5, 5.41) is 3.46. The molecule has 1 fully saturated rings. The Morgan fingerprint density at radius 2 is 2.05 bits per heavy atom. The van der Waals surface area contributed by atoms with Crippen LogP contribution in [0.3, 0.4) is 0 Å². The Bertz CT molecular complexity index is 407. The normalized spacial score (nSPS) is 15.6. The Kier molecular flexibility index (Phi) is 4.40. The predicted molar refractivity (Wildman–Crippen MR) is 79.3 cm³/mol. The van der Waals surface area contributed by atoms with Crippen molar-refractivity contribution in [3.8, 4) is 0 Å². The summed E-state index contributed by atoms with van der Waals surface area (Å²) in [4.78, 5) is 11.5. The lowest BCUT2D eigenvalue weighted by Gasteiger charge is -2.24. The van der Waals surface area contributed by atoms with E-state index in [1.165, 1.54) is 12.8 Å². The van der Waals surface area contributed by atoms with Gasteiger partial charge in [0.1, 0.15) is 5.82 Å². The van der Waals surface area contributed by atoms with E-state index >= 15 is 0 Å². The van der Waals surface area contributed by atoms with Gasteiger partial charge in [-0.2, -0.15) is 0 Å². The van der Waals surface area contributed by atoms with Crippen molar-refractivity contribution in [1.82, 2.24) is 15.3 Å². The van der Waals surface area contributed by atoms with E-state index in [2.05, 4.69) is 42.9 Å². The SMILES string of the molecule is CCCN(c1cncc(CNC(C)(C)C)n1)C1CC1. The largest absolute Gasteiger partial charge is 0.352 e. The molecule has 0 radical (unpaired) electrons. The van der Waals surface area contributed by atoms with Crippen LogP contribution in [0.2, 0.25) is 0 Å². The van der Waals surface area contributed by atoms with Gasteiger partial charge < -0.3 is 10.2 Å². The summed E-state index contributed by atoms with van der Waals surface area (Å²) in [5.41, 5.74) is 1.13. The first-order chi connectivity index (χ1) is 8.99. The van der Waals surface area contributed by atoms with Crippen LogP contribution < -0.4 is 10.2 Å². The third kappa shape index (κ3) is 4.46. The second-order valence-electron chi connectivity index (χ2n) is 6.40. The van der Waals surface area contributed by atoms with Crippen LogP contribution in [0.4, 0.5) is 5.82 Å². The fraction of sp³-hybridized carbons (Fsp3) is 0.733. The van der Waals surface area contributed by atoms with Crippen LogP contribution in [0.15, 0.2) is 12.4 Å². The summed E-state index contributed by atoms with van der Waals surface area (Å²) in [6.07, 6.45) is 7.51. The number of nitrogens with zero attached hydrogens (tertiary/aromatic N) is 3. The molecule has 19 heavy (non-hydrogen) atoms. The smallest absolute Gasteiger partial charge is 0.147 e. The van der Waals surface area contributed by atoms with Crippen LogP contribution >= 0.6 is 0 Å². The average molecular weight is 262 g/mol. The highest BCUT2D eigenvalue weighted by Gasteiger charge is 2.29. The van der Waals surface area contributed by atoms with E-state index < -0.39 is 0 Å². The Morgan fingerprint density at radius 3 is 2.63 bits per heavy atom. The topological polar surface area (TPSA) is 41.1 Å². The van der Waals surface area contributed by atoms with Gasteiger partial charge in [-0.25, -0.2) is 4.98 Å². The Labute approximate surface area is 116 Å². The van der Waals surface area contributed by atoms with Crippen molar-refractivity contribution in [1.29, 1.82) is 0 Å². The van der Waals surface area contributed by atoms with E-state index in [1.807, 2.05) is 12.4 Å². The fourth-order valence-corrected chi connectivity index (χ4v) is 2.09. The van der Waals surface area contributed by atoms with Crippen LogP contribution in [0.25, 0.3) is 0 Å². The lowest BCUT2D eigenvalue weighted by atomic mass is 10.1. The number of rotatable bonds is 6. The molecule has 0 unspecified atom stereocenters. The van der Waals surface area contributed by atoms with Crippen molar-refractivity contribution in [3.63, 3.8) is 0 Å². The van der Waals surface area contributed by atoms with Gasteiger partial charge >= 0.3 is 0 Å². The van der Waals surface area contributed by atoms with Crippen molar-refractivity contribution < 1.29 is 0 Å². The molecule has 1 heterocycles. The predicted octanol–water partition coefficient (Wildman–Crippen LogP) is 2.74. The van der Waals surface area contributed by atoms with Crippen molar-refractivity contribution in [2.24, 2.45) is 0 Å². The molecule has 2 rings (SSSR count). The van der Waals surface area contributed by atoms with Crippen LogP contribution in [-0.4, -0.2) is 28.1 Å². The molecule has 4 heteroatoms. The van der Waals surface area contributed by atoms with E-state index in [0.29, 0.717) is 6.04 Å². The highest BCUT2D eigenvalue weighted by molar-refractivity contribution is 5.39. The molecule has 1 aliphatic carbocycles. The summed E-state index contributed by atoms with van der Waals surface area (Å²) < 4.78 is 0. The molecule has 1 aromatic rings. The van der Waals surface area contributed by atoms with E-state index in [4.69, 9.17) is 4.98 Å². The fourth-order valence-electron chi connectivity index (χ4n) is 2.09. The maximum Gasteiger partial charge on any atom is 0.147 e. The molecule has 1 N–H and O–H groups in total. The first-order valence-corrected chi connectivity index (χ1v) is 7.32. The molecule has 0 amide bonds. The number of anilines is 1. The summed E-state index contributed by atoms with van der Waals surface area (Å²) in [6, 6.07) is 0.695. The molecule has 0 spiro atoms. The number of nitrogens with one attached hydrogen (secondary N) is 1. The number of aromatic nitrogens is 2. The van der Waals surface area contributed by atoms with Crippen molar-refractivity contribution in [3.05, 3.63) is 18.1 Å². The lowest BCUT2D eigenvalue weighted by Crippen LogP contribution is -2.35. The third-order valence-corrected chi connectivity index (χ3v) is 3.22. The number of hydrogen-bond donors (Lipinski definition) is 1. The minimum absolute atomic E-state index is 0.108. The zero-order valence-corrected chi connectivity index (χ0v) is 12.6. The van der Waals surface area contributed by atoms with Gasteiger partial charge in [0.05, 0.1) is 11.9 Å². The van der Waals surface area contributed by atoms with Crippen LogP contribution in [0.5, 0.6) is 0 Å². The van der Waals surface area contributed by atoms with E-state index in [0.717, 1.165) is 31.0 Å². The van der Waals surface area contributed by atoms with Gasteiger partial charge in [-0.05, 0) is 40.0 Å². The standard InChI is InChI=1S/C15H26N4/c1-5-8-19(13-6-7-13)14-11-16-9-12(18-14)10-17-15(2,3)4/h9,11,13,17H,5-8,10H2,1-4H3. The second kappa shape index (κ2) is 5.87. The van der Waals surface area contributed by atoms with Gasteiger partial charge in [0.25, 0.3) is 0 Å². The Morgan fingerprint density at radius 1 is 1.32 bits per heavy atom. The van der Waals surface area contributed by atoms with Gasteiger partial charge in [0, 0.05) is 30.9 Å². The zero-order valence-electron chi connectivity index (χ0n) is 12.6. The van der Waals surface area contributed by atoms with Gasteiger partial charge in [-0.1, -0.05) is 6.92 Å². The van der Waals surface area contributed by atoms with Crippen molar-refractivity contribution in [2.75, 3.05) is 11.4 Å². The molecule has 1 aliphatic rings. The summed E-state index contributed by atoms with van der Waals surface area (Å²) in [6.45, 7) is 10.6.